The summed E-state index contributed by atoms with van der Waals surface area (Å²) in [5.41, 5.74) is -1.26. The number of benzene rings is 1. The van der Waals surface area contributed by atoms with Crippen molar-refractivity contribution in [1.29, 1.82) is 0 Å². The minimum Gasteiger partial charge on any atom is -0.480 e. The number of hydrogen-bond acceptors (Lipinski definition) is 3. The standard InChI is InChI=1S/C13H10BrFN2O3/c14-11-9-5-7(13(15)3-4-13)1-2-8(9)12(20)17(16-11)6-10(18)19/h1-2,5H,3-4,6H2,(H,18,19). The molecule has 0 atom stereocenters. The molecule has 1 N–H and O–H groups in total. The van der Waals surface area contributed by atoms with Crippen LogP contribution < -0.4 is 5.56 Å². The lowest BCUT2D eigenvalue weighted by Gasteiger charge is -2.09. The van der Waals surface area contributed by atoms with E-state index in [1.54, 1.807) is 12.1 Å². The van der Waals surface area contributed by atoms with Crippen molar-refractivity contribution in [2.24, 2.45) is 0 Å². The van der Waals surface area contributed by atoms with E-state index >= 15 is 0 Å². The molecule has 0 spiro atoms. The first-order valence-corrected chi connectivity index (χ1v) is 6.81. The molecule has 0 aliphatic heterocycles. The molecule has 1 saturated carbocycles. The fourth-order valence-corrected chi connectivity index (χ4v) is 2.68. The lowest BCUT2D eigenvalue weighted by Crippen LogP contribution is -2.27. The number of carboxylic acids is 1. The molecule has 1 aromatic heterocycles. The van der Waals surface area contributed by atoms with Crippen LogP contribution in [0, 0.1) is 0 Å². The van der Waals surface area contributed by atoms with Crippen LogP contribution in [0.5, 0.6) is 0 Å². The van der Waals surface area contributed by atoms with Crippen LogP contribution in [0.25, 0.3) is 10.8 Å². The molecule has 0 bridgehead atoms. The zero-order valence-electron chi connectivity index (χ0n) is 10.3. The second-order valence-electron chi connectivity index (χ2n) is 4.87. The van der Waals surface area contributed by atoms with E-state index in [2.05, 4.69) is 21.0 Å². The number of carbonyl (C=O) groups is 1. The van der Waals surface area contributed by atoms with Crippen LogP contribution >= 0.6 is 15.9 Å². The zero-order chi connectivity index (χ0) is 14.5. The van der Waals surface area contributed by atoms with E-state index < -0.39 is 23.7 Å². The summed E-state index contributed by atoms with van der Waals surface area (Å²) in [6.45, 7) is -0.512. The molecule has 1 aliphatic carbocycles. The first kappa shape index (κ1) is 13.2. The van der Waals surface area contributed by atoms with Gasteiger partial charge in [-0.15, -0.1) is 0 Å². The van der Waals surface area contributed by atoms with Crippen LogP contribution in [-0.4, -0.2) is 20.9 Å². The van der Waals surface area contributed by atoms with E-state index in [0.717, 1.165) is 4.68 Å². The highest BCUT2D eigenvalue weighted by Gasteiger charge is 2.45. The Hall–Kier alpha value is -1.76. The van der Waals surface area contributed by atoms with Gasteiger partial charge < -0.3 is 5.11 Å². The zero-order valence-corrected chi connectivity index (χ0v) is 11.9. The molecule has 1 heterocycles. The summed E-state index contributed by atoms with van der Waals surface area (Å²) < 4.78 is 15.3. The molecular weight excluding hydrogens is 331 g/mol. The second-order valence-corrected chi connectivity index (χ2v) is 5.62. The normalized spacial score (nSPS) is 16.3. The number of fused-ring (bicyclic) bond motifs is 1. The van der Waals surface area contributed by atoms with Gasteiger partial charge in [-0.25, -0.2) is 9.07 Å². The first-order chi connectivity index (χ1) is 9.40. The van der Waals surface area contributed by atoms with E-state index in [4.69, 9.17) is 5.11 Å². The van der Waals surface area contributed by atoms with E-state index in [0.29, 0.717) is 33.8 Å². The van der Waals surface area contributed by atoms with Gasteiger partial charge in [0.15, 0.2) is 0 Å². The third-order valence-electron chi connectivity index (χ3n) is 3.41. The Morgan fingerprint density at radius 1 is 1.45 bits per heavy atom. The smallest absolute Gasteiger partial charge is 0.325 e. The first-order valence-electron chi connectivity index (χ1n) is 6.02. The van der Waals surface area contributed by atoms with Crippen LogP contribution in [0.4, 0.5) is 4.39 Å². The van der Waals surface area contributed by atoms with Crippen LogP contribution in [0.15, 0.2) is 27.6 Å². The molecule has 0 radical (unpaired) electrons. The van der Waals surface area contributed by atoms with Gasteiger partial charge in [-0.2, -0.15) is 5.10 Å². The number of halogens is 2. The molecule has 3 rings (SSSR count). The Kier molecular flexibility index (Phi) is 2.89. The van der Waals surface area contributed by atoms with Crippen molar-refractivity contribution >= 4 is 32.7 Å². The van der Waals surface area contributed by atoms with Crippen molar-refractivity contribution in [2.45, 2.75) is 25.1 Å². The topological polar surface area (TPSA) is 72.2 Å². The fourth-order valence-electron chi connectivity index (χ4n) is 2.16. The third-order valence-corrected chi connectivity index (χ3v) is 3.99. The number of nitrogens with zero attached hydrogens (tertiary/aromatic N) is 2. The van der Waals surface area contributed by atoms with Crippen molar-refractivity contribution in [3.05, 3.63) is 38.7 Å². The summed E-state index contributed by atoms with van der Waals surface area (Å²) >= 11 is 3.21. The molecule has 0 saturated heterocycles. The van der Waals surface area contributed by atoms with Crippen molar-refractivity contribution in [3.63, 3.8) is 0 Å². The molecule has 1 aliphatic rings. The molecule has 0 amide bonds. The highest BCUT2D eigenvalue weighted by atomic mass is 79.9. The number of rotatable bonds is 3. The van der Waals surface area contributed by atoms with Crippen molar-refractivity contribution in [3.8, 4) is 0 Å². The molecule has 7 heteroatoms. The van der Waals surface area contributed by atoms with E-state index in [1.807, 2.05) is 0 Å². The van der Waals surface area contributed by atoms with Gasteiger partial charge in [0.05, 0.1) is 5.39 Å². The van der Waals surface area contributed by atoms with E-state index in [9.17, 15) is 14.0 Å². The maximum Gasteiger partial charge on any atom is 0.325 e. The average molecular weight is 341 g/mol. The number of aromatic nitrogens is 2. The predicted molar refractivity (Wildman–Crippen MR) is 73.4 cm³/mol. The van der Waals surface area contributed by atoms with Gasteiger partial charge in [0.1, 0.15) is 16.8 Å². The van der Waals surface area contributed by atoms with E-state index in [-0.39, 0.29) is 0 Å². The Bertz CT molecular complexity index is 783. The summed E-state index contributed by atoms with van der Waals surface area (Å²) in [7, 11) is 0. The molecule has 2 aromatic rings. The number of aliphatic carboxylic acids is 1. The Labute approximate surface area is 121 Å². The second kappa shape index (κ2) is 4.37. The maximum atomic E-state index is 14.0. The minimum absolute atomic E-state index is 0.320. The summed E-state index contributed by atoms with van der Waals surface area (Å²) in [6.07, 6.45) is 0.971. The van der Waals surface area contributed by atoms with Gasteiger partial charge in [-0.3, -0.25) is 9.59 Å². The lowest BCUT2D eigenvalue weighted by molar-refractivity contribution is -0.138. The highest BCUT2D eigenvalue weighted by molar-refractivity contribution is 9.10. The van der Waals surface area contributed by atoms with Crippen LogP contribution in [0.1, 0.15) is 18.4 Å². The molecule has 5 nitrogen and oxygen atoms in total. The van der Waals surface area contributed by atoms with Crippen molar-refractivity contribution in [2.75, 3.05) is 0 Å². The largest absolute Gasteiger partial charge is 0.480 e. The Morgan fingerprint density at radius 3 is 2.75 bits per heavy atom. The quantitative estimate of drug-likeness (QED) is 0.929. The van der Waals surface area contributed by atoms with Crippen LogP contribution in [0.2, 0.25) is 0 Å². The van der Waals surface area contributed by atoms with Crippen LogP contribution in [-0.2, 0) is 17.0 Å². The highest BCUT2D eigenvalue weighted by Crippen LogP contribution is 2.50. The number of hydrogen-bond donors (Lipinski definition) is 1. The van der Waals surface area contributed by atoms with Gasteiger partial charge in [-0.1, -0.05) is 6.07 Å². The molecule has 20 heavy (non-hydrogen) atoms. The minimum atomic E-state index is -1.29. The van der Waals surface area contributed by atoms with Gasteiger partial charge >= 0.3 is 5.97 Å². The number of alkyl halides is 1. The van der Waals surface area contributed by atoms with Gasteiger partial charge in [-0.05, 0) is 46.5 Å². The molecule has 104 valence electrons. The average Bonchev–Trinajstić information content (AvgIpc) is 3.14. The summed E-state index contributed by atoms with van der Waals surface area (Å²) in [6, 6.07) is 4.71. The fraction of sp³-hybridized carbons (Fsp3) is 0.308. The predicted octanol–water partition coefficient (Wildman–Crippen LogP) is 2.20. The van der Waals surface area contributed by atoms with Crippen molar-refractivity contribution < 1.29 is 14.3 Å². The molecule has 1 aromatic carbocycles. The molecule has 0 unspecified atom stereocenters. The third kappa shape index (κ3) is 2.11. The van der Waals surface area contributed by atoms with Gasteiger partial charge in [0.2, 0.25) is 0 Å². The van der Waals surface area contributed by atoms with Crippen LogP contribution in [0.3, 0.4) is 0 Å². The summed E-state index contributed by atoms with van der Waals surface area (Å²) in [4.78, 5) is 22.8. The van der Waals surface area contributed by atoms with E-state index in [1.165, 1.54) is 6.07 Å². The van der Waals surface area contributed by atoms with Gasteiger partial charge in [0.25, 0.3) is 5.56 Å². The Balaban J connectivity index is 2.20. The Morgan fingerprint density at radius 2 is 2.15 bits per heavy atom. The van der Waals surface area contributed by atoms with Gasteiger partial charge in [0, 0.05) is 5.39 Å². The monoisotopic (exact) mass is 340 g/mol. The van der Waals surface area contributed by atoms with Crippen molar-refractivity contribution in [1.82, 2.24) is 9.78 Å². The molecule has 1 fully saturated rings. The lowest BCUT2D eigenvalue weighted by atomic mass is 10.1. The maximum absolute atomic E-state index is 14.0. The molecular formula is C13H10BrFN2O3. The number of carboxylic acid groups (broad SMARTS) is 1. The summed E-state index contributed by atoms with van der Waals surface area (Å²) in [5, 5.41) is 13.5. The summed E-state index contributed by atoms with van der Waals surface area (Å²) in [5.74, 6) is -1.15. The SMILES string of the molecule is O=C(O)Cn1nc(Br)c2cc(C3(F)CC3)ccc2c1=O.